The zero-order valence-electron chi connectivity index (χ0n) is 14.5. The van der Waals surface area contributed by atoms with Crippen LogP contribution in [0, 0.1) is 0 Å². The van der Waals surface area contributed by atoms with E-state index in [0.29, 0.717) is 18.9 Å². The van der Waals surface area contributed by atoms with Crippen LogP contribution in [-0.2, 0) is 26.7 Å². The first-order valence-corrected chi connectivity index (χ1v) is 8.34. The zero-order chi connectivity index (χ0) is 19.2. The summed E-state index contributed by atoms with van der Waals surface area (Å²) in [6.45, 7) is -0.00792. The van der Waals surface area contributed by atoms with E-state index in [1.54, 1.807) is 23.8 Å². The highest BCUT2D eigenvalue weighted by molar-refractivity contribution is 5.50. The molecule has 1 aliphatic rings. The van der Waals surface area contributed by atoms with Crippen molar-refractivity contribution < 1.29 is 13.2 Å². The second-order valence-corrected chi connectivity index (χ2v) is 6.62. The standard InChI is InChI=1S/C17H17F3N6O/c1-24-4-5-26-14(22-23-15(26)16(24)27)7-21-13-3-2-11-8-25(9-12(11)6-13)10-17(18,19)20/h2-6,21H,7-10H2,1H3. The SMILES string of the molecule is Cn1ccn2c(CNc3ccc4c(c3)CN(CC(F)(F)F)C4)nnc2c1=O. The Hall–Kier alpha value is -2.88. The molecule has 10 heteroatoms. The summed E-state index contributed by atoms with van der Waals surface area (Å²) in [6.07, 6.45) is -0.854. The fourth-order valence-corrected chi connectivity index (χ4v) is 3.26. The second kappa shape index (κ2) is 6.38. The van der Waals surface area contributed by atoms with Gasteiger partial charge in [-0.1, -0.05) is 6.07 Å². The molecule has 142 valence electrons. The van der Waals surface area contributed by atoms with Gasteiger partial charge in [-0.05, 0) is 23.3 Å². The van der Waals surface area contributed by atoms with Gasteiger partial charge in [0.2, 0.25) is 5.65 Å². The molecular weight excluding hydrogens is 361 g/mol. The van der Waals surface area contributed by atoms with E-state index in [-0.39, 0.29) is 17.8 Å². The molecule has 1 aromatic carbocycles. The summed E-state index contributed by atoms with van der Waals surface area (Å²) in [5, 5.41) is 11.2. The Morgan fingerprint density at radius 1 is 1.15 bits per heavy atom. The van der Waals surface area contributed by atoms with Gasteiger partial charge in [0.1, 0.15) is 0 Å². The molecule has 7 nitrogen and oxygen atoms in total. The van der Waals surface area contributed by atoms with Crippen LogP contribution in [0.4, 0.5) is 18.9 Å². The molecule has 0 atom stereocenters. The van der Waals surface area contributed by atoms with Crippen LogP contribution in [0.25, 0.3) is 5.65 Å². The van der Waals surface area contributed by atoms with Crippen molar-refractivity contribution in [1.82, 2.24) is 24.1 Å². The number of fused-ring (bicyclic) bond motifs is 2. The van der Waals surface area contributed by atoms with Gasteiger partial charge in [-0.3, -0.25) is 14.1 Å². The van der Waals surface area contributed by atoms with E-state index >= 15 is 0 Å². The summed E-state index contributed by atoms with van der Waals surface area (Å²) in [5.41, 5.74) is 2.57. The third kappa shape index (κ3) is 3.52. The van der Waals surface area contributed by atoms with Gasteiger partial charge >= 0.3 is 6.18 Å². The Kier molecular flexibility index (Phi) is 4.14. The lowest BCUT2D eigenvalue weighted by Gasteiger charge is -2.16. The first-order chi connectivity index (χ1) is 12.8. The van der Waals surface area contributed by atoms with Gasteiger partial charge in [-0.25, -0.2) is 0 Å². The predicted octanol–water partition coefficient (Wildman–Crippen LogP) is 1.92. The van der Waals surface area contributed by atoms with Crippen LogP contribution < -0.4 is 10.9 Å². The number of nitrogens with zero attached hydrogens (tertiary/aromatic N) is 5. The van der Waals surface area contributed by atoms with Crippen LogP contribution in [0.15, 0.2) is 35.4 Å². The van der Waals surface area contributed by atoms with E-state index in [0.717, 1.165) is 16.8 Å². The molecule has 1 aliphatic heterocycles. The van der Waals surface area contributed by atoms with Crippen molar-refractivity contribution in [3.63, 3.8) is 0 Å². The maximum atomic E-state index is 12.6. The molecule has 2 aromatic heterocycles. The van der Waals surface area contributed by atoms with Gasteiger partial charge in [0.25, 0.3) is 5.56 Å². The van der Waals surface area contributed by atoms with Crippen molar-refractivity contribution in [3.8, 4) is 0 Å². The summed E-state index contributed by atoms with van der Waals surface area (Å²) < 4.78 is 40.8. The molecule has 0 saturated carbocycles. The smallest absolute Gasteiger partial charge is 0.378 e. The van der Waals surface area contributed by atoms with Gasteiger partial charge < -0.3 is 9.88 Å². The minimum Gasteiger partial charge on any atom is -0.378 e. The van der Waals surface area contributed by atoms with E-state index < -0.39 is 12.7 Å². The number of aromatic nitrogens is 4. The second-order valence-electron chi connectivity index (χ2n) is 6.62. The van der Waals surface area contributed by atoms with Crippen LogP contribution in [0.1, 0.15) is 17.0 Å². The van der Waals surface area contributed by atoms with Crippen LogP contribution in [0.5, 0.6) is 0 Å². The average Bonchev–Trinajstić information content (AvgIpc) is 3.17. The molecule has 3 heterocycles. The monoisotopic (exact) mass is 378 g/mol. The first-order valence-electron chi connectivity index (χ1n) is 8.34. The van der Waals surface area contributed by atoms with E-state index in [1.807, 2.05) is 18.2 Å². The van der Waals surface area contributed by atoms with Gasteiger partial charge in [-0.2, -0.15) is 13.2 Å². The molecule has 4 rings (SSSR count). The Balaban J connectivity index is 1.47. The van der Waals surface area contributed by atoms with E-state index in [4.69, 9.17) is 0 Å². The predicted molar refractivity (Wildman–Crippen MR) is 92.2 cm³/mol. The van der Waals surface area contributed by atoms with E-state index in [9.17, 15) is 18.0 Å². The topological polar surface area (TPSA) is 67.5 Å². The van der Waals surface area contributed by atoms with Crippen LogP contribution in [-0.4, -0.2) is 36.8 Å². The fourth-order valence-electron chi connectivity index (χ4n) is 3.26. The van der Waals surface area contributed by atoms with Crippen LogP contribution >= 0.6 is 0 Å². The number of alkyl halides is 3. The van der Waals surface area contributed by atoms with Crippen LogP contribution in [0.3, 0.4) is 0 Å². The molecule has 0 saturated heterocycles. The normalized spacial score (nSPS) is 14.7. The maximum Gasteiger partial charge on any atom is 0.401 e. The molecule has 0 radical (unpaired) electrons. The van der Waals surface area contributed by atoms with Gasteiger partial charge in [-0.15, -0.1) is 10.2 Å². The fraction of sp³-hybridized carbons (Fsp3) is 0.353. The number of hydrogen-bond donors (Lipinski definition) is 1. The molecule has 0 unspecified atom stereocenters. The Morgan fingerprint density at radius 2 is 1.93 bits per heavy atom. The highest BCUT2D eigenvalue weighted by atomic mass is 19.4. The Labute approximate surface area is 152 Å². The van der Waals surface area contributed by atoms with Crippen molar-refractivity contribution in [3.05, 3.63) is 57.9 Å². The number of halogens is 3. The highest BCUT2D eigenvalue weighted by Crippen LogP contribution is 2.28. The third-order valence-corrected chi connectivity index (χ3v) is 4.57. The summed E-state index contributed by atoms with van der Waals surface area (Å²) in [7, 11) is 1.64. The van der Waals surface area contributed by atoms with Crippen molar-refractivity contribution in [2.75, 3.05) is 11.9 Å². The maximum absolute atomic E-state index is 12.6. The number of benzene rings is 1. The van der Waals surface area contributed by atoms with Crippen molar-refractivity contribution in [1.29, 1.82) is 0 Å². The lowest BCUT2D eigenvalue weighted by Crippen LogP contribution is -2.29. The lowest BCUT2D eigenvalue weighted by atomic mass is 10.1. The molecule has 3 aromatic rings. The van der Waals surface area contributed by atoms with Crippen molar-refractivity contribution in [2.24, 2.45) is 7.05 Å². The minimum absolute atomic E-state index is 0.237. The Morgan fingerprint density at radius 3 is 2.70 bits per heavy atom. The lowest BCUT2D eigenvalue weighted by molar-refractivity contribution is -0.146. The third-order valence-electron chi connectivity index (χ3n) is 4.57. The number of nitrogens with one attached hydrogen (secondary N) is 1. The first kappa shape index (κ1) is 17.5. The highest BCUT2D eigenvalue weighted by Gasteiger charge is 2.33. The van der Waals surface area contributed by atoms with Crippen molar-refractivity contribution >= 4 is 11.3 Å². The van der Waals surface area contributed by atoms with Gasteiger partial charge in [0.05, 0.1) is 13.1 Å². The molecule has 0 spiro atoms. The summed E-state index contributed by atoms with van der Waals surface area (Å²) in [4.78, 5) is 13.4. The van der Waals surface area contributed by atoms with Crippen molar-refractivity contribution in [2.45, 2.75) is 25.8 Å². The summed E-state index contributed by atoms with van der Waals surface area (Å²) >= 11 is 0. The molecular formula is C17H17F3N6O. The number of rotatable bonds is 4. The summed E-state index contributed by atoms with van der Waals surface area (Å²) in [5.74, 6) is 0.571. The zero-order valence-corrected chi connectivity index (χ0v) is 14.5. The minimum atomic E-state index is -4.20. The Bertz CT molecular complexity index is 1050. The molecule has 0 amide bonds. The molecule has 27 heavy (non-hydrogen) atoms. The molecule has 0 bridgehead atoms. The number of hydrogen-bond acceptors (Lipinski definition) is 5. The van der Waals surface area contributed by atoms with Gasteiger partial charge in [0.15, 0.2) is 5.82 Å². The molecule has 1 N–H and O–H groups in total. The van der Waals surface area contributed by atoms with E-state index in [2.05, 4.69) is 15.5 Å². The summed E-state index contributed by atoms with van der Waals surface area (Å²) in [6, 6.07) is 5.53. The average molecular weight is 378 g/mol. The van der Waals surface area contributed by atoms with Crippen LogP contribution in [0.2, 0.25) is 0 Å². The quantitative estimate of drug-likeness (QED) is 0.751. The molecule has 0 fully saturated rings. The van der Waals surface area contributed by atoms with E-state index in [1.165, 1.54) is 9.47 Å². The largest absolute Gasteiger partial charge is 0.401 e. The number of aryl methyl sites for hydroxylation is 1. The van der Waals surface area contributed by atoms with Gasteiger partial charge in [0, 0.05) is 38.2 Å². The molecule has 0 aliphatic carbocycles. The number of anilines is 1.